The molecule has 0 spiro atoms. The van der Waals surface area contributed by atoms with Gasteiger partial charge in [-0.25, -0.2) is 27.6 Å². The highest BCUT2D eigenvalue weighted by Gasteiger charge is 2.16. The van der Waals surface area contributed by atoms with Gasteiger partial charge in [0.1, 0.15) is 18.2 Å². The molecule has 0 aliphatic heterocycles. The minimum atomic E-state index is -0.583. The Labute approximate surface area is 181 Å². The van der Waals surface area contributed by atoms with Crippen LogP contribution in [-0.2, 0) is 11.3 Å². The molecule has 0 saturated heterocycles. The fourth-order valence-corrected chi connectivity index (χ4v) is 3.25. The summed E-state index contributed by atoms with van der Waals surface area (Å²) in [6.45, 7) is 4.73. The molecule has 0 radical (unpaired) electrons. The normalized spacial score (nSPS) is 11.0. The molecule has 2 heterocycles. The van der Waals surface area contributed by atoms with Gasteiger partial charge in [0.25, 0.3) is 0 Å². The number of hydrogen-bond acceptors (Lipinski definition) is 5. The van der Waals surface area contributed by atoms with Gasteiger partial charge < -0.3 is 10.6 Å². The Bertz CT molecular complexity index is 1410. The van der Waals surface area contributed by atoms with Crippen LogP contribution in [0.15, 0.2) is 47.3 Å². The Morgan fingerprint density at radius 3 is 2.56 bits per heavy atom. The molecule has 2 aromatic heterocycles. The quantitative estimate of drug-likeness (QED) is 0.498. The molecule has 1 amide bonds. The molecular weight excluding hydrogens is 418 g/mol. The maximum Gasteiger partial charge on any atom is 0.353 e. The van der Waals surface area contributed by atoms with Gasteiger partial charge >= 0.3 is 5.69 Å². The molecule has 2 aromatic carbocycles. The molecule has 0 aliphatic carbocycles. The van der Waals surface area contributed by atoms with Crippen molar-refractivity contribution in [3.63, 3.8) is 0 Å². The van der Waals surface area contributed by atoms with E-state index in [1.54, 1.807) is 39.0 Å². The monoisotopic (exact) mass is 438 g/mol. The van der Waals surface area contributed by atoms with Crippen molar-refractivity contribution >= 4 is 28.9 Å². The number of amides is 1. The van der Waals surface area contributed by atoms with Gasteiger partial charge in [-0.05, 0) is 62.2 Å². The number of aryl methyl sites for hydroxylation is 3. The number of benzene rings is 2. The molecule has 32 heavy (non-hydrogen) atoms. The molecule has 0 bridgehead atoms. The highest BCUT2D eigenvalue weighted by molar-refractivity contribution is 5.91. The lowest BCUT2D eigenvalue weighted by Crippen LogP contribution is -2.29. The number of carbonyl (C=O) groups is 1. The zero-order chi connectivity index (χ0) is 23.0. The zero-order valence-corrected chi connectivity index (χ0v) is 17.6. The molecule has 0 aliphatic rings. The summed E-state index contributed by atoms with van der Waals surface area (Å²) in [5, 5.41) is 9.82. The van der Waals surface area contributed by atoms with E-state index in [4.69, 9.17) is 0 Å². The number of nitrogens with zero attached hydrogens (tertiary/aromatic N) is 4. The predicted octanol–water partition coefficient (Wildman–Crippen LogP) is 3.48. The van der Waals surface area contributed by atoms with Gasteiger partial charge in [-0.15, -0.1) is 5.10 Å². The maximum absolute atomic E-state index is 13.6. The fourth-order valence-electron chi connectivity index (χ4n) is 3.25. The van der Waals surface area contributed by atoms with E-state index < -0.39 is 17.4 Å². The number of aromatic nitrogens is 4. The summed E-state index contributed by atoms with van der Waals surface area (Å²) < 4.78 is 29.3. The van der Waals surface area contributed by atoms with Gasteiger partial charge in [0, 0.05) is 23.1 Å². The standard InChI is InChI=1S/C22H20F2N6O2/c1-12-4-5-15(23)10-18(12)27-20(31)11-29-22(32)30-19(28-29)9-14(3)25-21(30)26-16-6-7-17(24)13(2)8-16/h4-10H,11H2,1-3H3,(H,25,26)(H,27,31). The Kier molecular flexibility index (Phi) is 5.43. The lowest BCUT2D eigenvalue weighted by Gasteiger charge is -2.09. The summed E-state index contributed by atoms with van der Waals surface area (Å²) >= 11 is 0. The second-order valence-electron chi connectivity index (χ2n) is 7.45. The maximum atomic E-state index is 13.6. The minimum Gasteiger partial charge on any atom is -0.325 e. The van der Waals surface area contributed by atoms with Gasteiger partial charge in [0.2, 0.25) is 11.9 Å². The van der Waals surface area contributed by atoms with E-state index >= 15 is 0 Å². The second kappa shape index (κ2) is 8.22. The van der Waals surface area contributed by atoms with Crippen molar-refractivity contribution in [1.82, 2.24) is 19.2 Å². The highest BCUT2D eigenvalue weighted by atomic mass is 19.1. The number of anilines is 3. The molecule has 0 atom stereocenters. The Morgan fingerprint density at radius 2 is 1.81 bits per heavy atom. The van der Waals surface area contributed by atoms with E-state index in [1.807, 2.05) is 0 Å². The lowest BCUT2D eigenvalue weighted by molar-refractivity contribution is -0.117. The molecule has 8 nitrogen and oxygen atoms in total. The summed E-state index contributed by atoms with van der Waals surface area (Å²) in [6, 6.07) is 10.1. The molecular formula is C22H20F2N6O2. The summed E-state index contributed by atoms with van der Waals surface area (Å²) in [6.07, 6.45) is 0. The molecule has 0 fully saturated rings. The Morgan fingerprint density at radius 1 is 1.03 bits per heavy atom. The smallest absolute Gasteiger partial charge is 0.325 e. The number of carbonyl (C=O) groups excluding carboxylic acids is 1. The number of rotatable bonds is 5. The molecule has 4 rings (SSSR count). The molecule has 0 unspecified atom stereocenters. The molecule has 2 N–H and O–H groups in total. The molecule has 0 saturated carbocycles. The summed E-state index contributed by atoms with van der Waals surface area (Å²) in [4.78, 5) is 29.8. The van der Waals surface area contributed by atoms with Crippen molar-refractivity contribution in [3.8, 4) is 0 Å². The van der Waals surface area contributed by atoms with Crippen LogP contribution in [0.4, 0.5) is 26.1 Å². The van der Waals surface area contributed by atoms with E-state index in [1.165, 1.54) is 28.7 Å². The first kappa shape index (κ1) is 21.2. The van der Waals surface area contributed by atoms with Gasteiger partial charge in [0.05, 0.1) is 0 Å². The number of nitrogens with one attached hydrogen (secondary N) is 2. The van der Waals surface area contributed by atoms with Crippen LogP contribution in [0.25, 0.3) is 5.65 Å². The van der Waals surface area contributed by atoms with E-state index in [9.17, 15) is 18.4 Å². The van der Waals surface area contributed by atoms with Crippen LogP contribution < -0.4 is 16.3 Å². The minimum absolute atomic E-state index is 0.184. The van der Waals surface area contributed by atoms with Crippen molar-refractivity contribution in [2.45, 2.75) is 27.3 Å². The first-order valence-electron chi connectivity index (χ1n) is 9.77. The summed E-state index contributed by atoms with van der Waals surface area (Å²) in [7, 11) is 0. The number of fused-ring (bicyclic) bond motifs is 1. The third kappa shape index (κ3) is 4.20. The molecule has 164 valence electrons. The van der Waals surface area contributed by atoms with Gasteiger partial charge in [-0.1, -0.05) is 6.07 Å². The first-order valence-corrected chi connectivity index (χ1v) is 9.77. The SMILES string of the molecule is Cc1cc2nn(CC(=O)Nc3cc(F)ccc3C)c(=O)n2c(Nc2ccc(F)c(C)c2)n1. The van der Waals surface area contributed by atoms with Crippen LogP contribution in [0, 0.1) is 32.4 Å². The number of hydrogen-bond donors (Lipinski definition) is 2. The molecule has 4 aromatic rings. The van der Waals surface area contributed by atoms with Crippen molar-refractivity contribution in [2.24, 2.45) is 0 Å². The third-order valence-corrected chi connectivity index (χ3v) is 4.88. The van der Waals surface area contributed by atoms with Crippen LogP contribution in [0.2, 0.25) is 0 Å². The van der Waals surface area contributed by atoms with E-state index in [0.717, 1.165) is 4.68 Å². The average Bonchev–Trinajstić information content (AvgIpc) is 3.02. The van der Waals surface area contributed by atoms with Gasteiger partial charge in [0.15, 0.2) is 5.65 Å². The zero-order valence-electron chi connectivity index (χ0n) is 17.6. The van der Waals surface area contributed by atoms with E-state index in [0.29, 0.717) is 33.8 Å². The Balaban J connectivity index is 1.65. The first-order chi connectivity index (χ1) is 15.2. The highest BCUT2D eigenvalue weighted by Crippen LogP contribution is 2.19. The predicted molar refractivity (Wildman–Crippen MR) is 116 cm³/mol. The number of halogens is 2. The average molecular weight is 438 g/mol. The van der Waals surface area contributed by atoms with E-state index in [2.05, 4.69) is 20.7 Å². The van der Waals surface area contributed by atoms with Gasteiger partial charge in [-0.3, -0.25) is 4.79 Å². The van der Waals surface area contributed by atoms with Crippen LogP contribution >= 0.6 is 0 Å². The van der Waals surface area contributed by atoms with Crippen molar-refractivity contribution < 1.29 is 13.6 Å². The van der Waals surface area contributed by atoms with E-state index in [-0.39, 0.29) is 18.3 Å². The van der Waals surface area contributed by atoms with Crippen LogP contribution in [0.1, 0.15) is 16.8 Å². The van der Waals surface area contributed by atoms with Gasteiger partial charge in [-0.2, -0.15) is 0 Å². The van der Waals surface area contributed by atoms with Crippen LogP contribution in [-0.4, -0.2) is 25.1 Å². The van der Waals surface area contributed by atoms with Crippen LogP contribution in [0.3, 0.4) is 0 Å². The van der Waals surface area contributed by atoms with Crippen LogP contribution in [0.5, 0.6) is 0 Å². The Hall–Kier alpha value is -4.08. The lowest BCUT2D eigenvalue weighted by atomic mass is 10.2. The topological polar surface area (TPSA) is 93.3 Å². The molecule has 10 heteroatoms. The van der Waals surface area contributed by atoms with Crippen molar-refractivity contribution in [1.29, 1.82) is 0 Å². The second-order valence-corrected chi connectivity index (χ2v) is 7.45. The largest absolute Gasteiger partial charge is 0.353 e. The third-order valence-electron chi connectivity index (χ3n) is 4.88. The fraction of sp³-hybridized carbons (Fsp3) is 0.182. The summed E-state index contributed by atoms with van der Waals surface area (Å²) in [5.41, 5.74) is 2.28. The van der Waals surface area contributed by atoms with Crippen molar-refractivity contribution in [3.05, 3.63) is 81.4 Å². The summed E-state index contributed by atoms with van der Waals surface area (Å²) in [5.74, 6) is -1.17. The van der Waals surface area contributed by atoms with Crippen molar-refractivity contribution in [2.75, 3.05) is 10.6 Å².